The normalized spacial score (nSPS) is 18.6. The van der Waals surface area contributed by atoms with E-state index in [9.17, 15) is 13.2 Å². The number of carbonyl (C=O) groups is 1. The fourth-order valence-electron chi connectivity index (χ4n) is 3.24. The molecule has 0 spiro atoms. The van der Waals surface area contributed by atoms with Gasteiger partial charge in [-0.3, -0.25) is 14.2 Å². The number of aryl methyl sites for hydroxylation is 2. The lowest BCUT2D eigenvalue weighted by Crippen LogP contribution is -2.45. The molecule has 1 amide bonds. The van der Waals surface area contributed by atoms with E-state index in [0.717, 1.165) is 12.2 Å². The van der Waals surface area contributed by atoms with Crippen molar-refractivity contribution in [2.24, 2.45) is 13.0 Å². The van der Waals surface area contributed by atoms with Crippen LogP contribution < -0.4 is 5.32 Å². The number of nitrogens with one attached hydrogen (secondary N) is 1. The standard InChI is InChI=1S/C17H26N6O3S/c1-4-22-9-7-15(20-22)10-18-17(24)14-6-5-8-23(12-14)27(25,26)16-11-19-21(3)13(16)2/h7,9,11,14H,4-6,8,10,12H2,1-3H3,(H,18,24). The minimum Gasteiger partial charge on any atom is -0.350 e. The van der Waals surface area contributed by atoms with Crippen LogP contribution >= 0.6 is 0 Å². The maximum atomic E-state index is 12.9. The lowest BCUT2D eigenvalue weighted by molar-refractivity contribution is -0.126. The van der Waals surface area contributed by atoms with Crippen molar-refractivity contribution < 1.29 is 13.2 Å². The van der Waals surface area contributed by atoms with Gasteiger partial charge in [0.2, 0.25) is 15.9 Å². The number of amides is 1. The summed E-state index contributed by atoms with van der Waals surface area (Å²) in [7, 11) is -1.94. The second-order valence-corrected chi connectivity index (χ2v) is 8.71. The number of hydrogen-bond acceptors (Lipinski definition) is 5. The van der Waals surface area contributed by atoms with Crippen molar-refractivity contribution in [3.05, 3.63) is 29.8 Å². The van der Waals surface area contributed by atoms with E-state index < -0.39 is 10.0 Å². The summed E-state index contributed by atoms with van der Waals surface area (Å²) in [6, 6.07) is 1.87. The van der Waals surface area contributed by atoms with Crippen molar-refractivity contribution in [3.8, 4) is 0 Å². The second-order valence-electron chi connectivity index (χ2n) is 6.80. The highest BCUT2D eigenvalue weighted by Gasteiger charge is 2.34. The van der Waals surface area contributed by atoms with Crippen LogP contribution in [-0.2, 0) is 35.0 Å². The molecule has 1 unspecified atom stereocenters. The van der Waals surface area contributed by atoms with Crippen LogP contribution in [0.1, 0.15) is 31.2 Å². The Morgan fingerprint density at radius 1 is 1.41 bits per heavy atom. The number of aromatic nitrogens is 4. The van der Waals surface area contributed by atoms with E-state index in [0.29, 0.717) is 31.6 Å². The molecule has 2 aromatic rings. The molecule has 1 atom stereocenters. The molecule has 1 saturated heterocycles. The topological polar surface area (TPSA) is 102 Å². The zero-order chi connectivity index (χ0) is 19.6. The molecular formula is C17H26N6O3S. The molecule has 0 radical (unpaired) electrons. The average molecular weight is 395 g/mol. The van der Waals surface area contributed by atoms with Crippen molar-refractivity contribution in [1.29, 1.82) is 0 Å². The minimum atomic E-state index is -3.65. The van der Waals surface area contributed by atoms with E-state index in [-0.39, 0.29) is 23.3 Å². The molecule has 0 aliphatic carbocycles. The van der Waals surface area contributed by atoms with Crippen molar-refractivity contribution >= 4 is 15.9 Å². The van der Waals surface area contributed by atoms with Crippen LogP contribution in [0.4, 0.5) is 0 Å². The molecule has 27 heavy (non-hydrogen) atoms. The monoisotopic (exact) mass is 394 g/mol. The molecule has 0 bridgehead atoms. The average Bonchev–Trinajstić information content (AvgIpc) is 3.27. The number of sulfonamides is 1. The van der Waals surface area contributed by atoms with E-state index in [1.807, 2.05) is 19.2 Å². The molecule has 2 aromatic heterocycles. The van der Waals surface area contributed by atoms with E-state index in [2.05, 4.69) is 15.5 Å². The first-order valence-corrected chi connectivity index (χ1v) is 10.6. The Morgan fingerprint density at radius 2 is 2.19 bits per heavy atom. The number of rotatable bonds is 6. The SMILES string of the molecule is CCn1ccc(CNC(=O)C2CCCN(S(=O)(=O)c3cnn(C)c3C)C2)n1. The smallest absolute Gasteiger partial charge is 0.246 e. The first-order valence-electron chi connectivity index (χ1n) is 9.11. The van der Waals surface area contributed by atoms with Gasteiger partial charge in [0, 0.05) is 32.9 Å². The summed E-state index contributed by atoms with van der Waals surface area (Å²) in [5.41, 5.74) is 1.38. The zero-order valence-corrected chi connectivity index (χ0v) is 16.7. The molecule has 1 N–H and O–H groups in total. The Labute approximate surface area is 159 Å². The number of carbonyl (C=O) groups excluding carboxylic acids is 1. The van der Waals surface area contributed by atoms with Crippen LogP contribution in [0.15, 0.2) is 23.4 Å². The van der Waals surface area contributed by atoms with Crippen LogP contribution in [0.3, 0.4) is 0 Å². The molecule has 1 aliphatic rings. The maximum absolute atomic E-state index is 12.9. The zero-order valence-electron chi connectivity index (χ0n) is 15.9. The molecule has 1 aliphatic heterocycles. The first-order chi connectivity index (χ1) is 12.8. The Kier molecular flexibility index (Phi) is 5.66. The van der Waals surface area contributed by atoms with E-state index in [4.69, 9.17) is 0 Å². The summed E-state index contributed by atoms with van der Waals surface area (Å²) in [4.78, 5) is 12.7. The van der Waals surface area contributed by atoms with Gasteiger partial charge >= 0.3 is 0 Å². The largest absolute Gasteiger partial charge is 0.350 e. The first kappa shape index (κ1) is 19.6. The molecule has 10 heteroatoms. The van der Waals surface area contributed by atoms with Gasteiger partial charge in [-0.2, -0.15) is 14.5 Å². The number of nitrogens with zero attached hydrogens (tertiary/aromatic N) is 5. The third-order valence-electron chi connectivity index (χ3n) is 5.03. The molecule has 0 saturated carbocycles. The predicted molar refractivity (Wildman–Crippen MR) is 99.2 cm³/mol. The molecule has 9 nitrogen and oxygen atoms in total. The molecule has 3 heterocycles. The van der Waals surface area contributed by atoms with Crippen LogP contribution in [0.2, 0.25) is 0 Å². The highest BCUT2D eigenvalue weighted by Crippen LogP contribution is 2.25. The lowest BCUT2D eigenvalue weighted by atomic mass is 9.99. The van der Waals surface area contributed by atoms with E-state index in [1.165, 1.54) is 15.2 Å². The van der Waals surface area contributed by atoms with Gasteiger partial charge in [-0.1, -0.05) is 0 Å². The van der Waals surface area contributed by atoms with Gasteiger partial charge in [-0.25, -0.2) is 8.42 Å². The quantitative estimate of drug-likeness (QED) is 0.776. The van der Waals surface area contributed by atoms with Crippen molar-refractivity contribution in [1.82, 2.24) is 29.2 Å². The van der Waals surface area contributed by atoms with E-state index >= 15 is 0 Å². The summed E-state index contributed by atoms with van der Waals surface area (Å²) >= 11 is 0. The predicted octanol–water partition coefficient (Wildman–Crippen LogP) is 0.662. The Hall–Kier alpha value is -2.20. The highest BCUT2D eigenvalue weighted by molar-refractivity contribution is 7.89. The lowest BCUT2D eigenvalue weighted by Gasteiger charge is -2.31. The molecular weight excluding hydrogens is 368 g/mol. The summed E-state index contributed by atoms with van der Waals surface area (Å²) in [6.45, 7) is 5.45. The third-order valence-corrected chi connectivity index (χ3v) is 6.99. The second kappa shape index (κ2) is 7.81. The fraction of sp³-hybridized carbons (Fsp3) is 0.588. The highest BCUT2D eigenvalue weighted by atomic mass is 32.2. The van der Waals surface area contributed by atoms with Gasteiger partial charge in [0.15, 0.2) is 0 Å². The Balaban J connectivity index is 1.64. The Morgan fingerprint density at radius 3 is 2.81 bits per heavy atom. The van der Waals surface area contributed by atoms with Gasteiger partial charge < -0.3 is 5.32 Å². The van der Waals surface area contributed by atoms with Crippen molar-refractivity contribution in [2.45, 2.75) is 44.7 Å². The molecule has 0 aromatic carbocycles. The molecule has 1 fully saturated rings. The van der Waals surface area contributed by atoms with E-state index in [1.54, 1.807) is 18.7 Å². The van der Waals surface area contributed by atoms with Crippen molar-refractivity contribution in [2.75, 3.05) is 13.1 Å². The maximum Gasteiger partial charge on any atom is 0.246 e. The fourth-order valence-corrected chi connectivity index (χ4v) is 4.95. The minimum absolute atomic E-state index is 0.135. The summed E-state index contributed by atoms with van der Waals surface area (Å²) in [6.07, 6.45) is 4.57. The van der Waals surface area contributed by atoms with Gasteiger partial charge in [0.1, 0.15) is 4.90 Å². The van der Waals surface area contributed by atoms with Gasteiger partial charge in [-0.05, 0) is 32.8 Å². The van der Waals surface area contributed by atoms with Crippen LogP contribution in [-0.4, -0.2) is 51.3 Å². The van der Waals surface area contributed by atoms with Gasteiger partial charge in [0.25, 0.3) is 0 Å². The van der Waals surface area contributed by atoms with Crippen LogP contribution in [0, 0.1) is 12.8 Å². The summed E-state index contributed by atoms with van der Waals surface area (Å²) < 4.78 is 30.6. The molecule has 148 valence electrons. The Bertz CT molecular complexity index is 917. The van der Waals surface area contributed by atoms with Crippen LogP contribution in [0.5, 0.6) is 0 Å². The summed E-state index contributed by atoms with van der Waals surface area (Å²) in [5.74, 6) is -0.498. The molecule has 3 rings (SSSR count). The third kappa shape index (κ3) is 4.06. The van der Waals surface area contributed by atoms with Crippen molar-refractivity contribution in [3.63, 3.8) is 0 Å². The number of hydrogen-bond donors (Lipinski definition) is 1. The number of piperidine rings is 1. The van der Waals surface area contributed by atoms with Gasteiger partial charge in [-0.15, -0.1) is 0 Å². The van der Waals surface area contributed by atoms with Crippen LogP contribution in [0.25, 0.3) is 0 Å². The summed E-state index contributed by atoms with van der Waals surface area (Å²) in [5, 5.41) is 11.2. The van der Waals surface area contributed by atoms with Gasteiger partial charge in [0.05, 0.1) is 30.0 Å².